The molecule has 76 valence electrons. The highest BCUT2D eigenvalue weighted by Crippen LogP contribution is 2.29. The third-order valence-corrected chi connectivity index (χ3v) is 2.98. The van der Waals surface area contributed by atoms with Crippen LogP contribution in [0.25, 0.3) is 0 Å². The van der Waals surface area contributed by atoms with Gasteiger partial charge >= 0.3 is 0 Å². The molecule has 0 aromatic heterocycles. The standard InChI is InChI=1S/C12H16FN/c1-8-3-4-11(13)6-10(8)7-14-12-5-9(12)2/h3-4,6,9,12,14H,5,7H2,1-2H3. The predicted molar refractivity (Wildman–Crippen MR) is 55.5 cm³/mol. The minimum Gasteiger partial charge on any atom is -0.310 e. The van der Waals surface area contributed by atoms with Crippen molar-refractivity contribution in [2.45, 2.75) is 32.9 Å². The molecule has 1 aliphatic rings. The Labute approximate surface area is 84.3 Å². The summed E-state index contributed by atoms with van der Waals surface area (Å²) < 4.78 is 12.9. The summed E-state index contributed by atoms with van der Waals surface area (Å²) in [6.45, 7) is 5.04. The van der Waals surface area contributed by atoms with Crippen LogP contribution in [0.15, 0.2) is 18.2 Å². The number of hydrogen-bond donors (Lipinski definition) is 1. The average molecular weight is 193 g/mol. The zero-order valence-electron chi connectivity index (χ0n) is 8.68. The summed E-state index contributed by atoms with van der Waals surface area (Å²) in [7, 11) is 0. The average Bonchev–Trinajstić information content (AvgIpc) is 2.84. The van der Waals surface area contributed by atoms with Crippen LogP contribution < -0.4 is 5.32 Å². The predicted octanol–water partition coefficient (Wildman–Crippen LogP) is 2.63. The van der Waals surface area contributed by atoms with Gasteiger partial charge in [0.25, 0.3) is 0 Å². The number of hydrogen-bond acceptors (Lipinski definition) is 1. The van der Waals surface area contributed by atoms with Gasteiger partial charge in [0.05, 0.1) is 0 Å². The Hall–Kier alpha value is -0.890. The number of nitrogens with one attached hydrogen (secondary N) is 1. The Balaban J connectivity index is 1.97. The Morgan fingerprint density at radius 2 is 2.21 bits per heavy atom. The molecule has 2 atom stereocenters. The van der Waals surface area contributed by atoms with Crippen molar-refractivity contribution in [2.75, 3.05) is 0 Å². The van der Waals surface area contributed by atoms with E-state index in [0.29, 0.717) is 6.04 Å². The SMILES string of the molecule is Cc1ccc(F)cc1CNC1CC1C. The summed E-state index contributed by atoms with van der Waals surface area (Å²) >= 11 is 0. The maximum Gasteiger partial charge on any atom is 0.123 e. The Morgan fingerprint density at radius 3 is 2.86 bits per heavy atom. The molecule has 1 nitrogen and oxygen atoms in total. The molecule has 1 N–H and O–H groups in total. The molecule has 14 heavy (non-hydrogen) atoms. The van der Waals surface area contributed by atoms with Crippen LogP contribution in [-0.4, -0.2) is 6.04 Å². The molecule has 1 saturated carbocycles. The van der Waals surface area contributed by atoms with Gasteiger partial charge in [0, 0.05) is 12.6 Å². The number of benzene rings is 1. The van der Waals surface area contributed by atoms with Crippen molar-refractivity contribution in [1.82, 2.24) is 5.32 Å². The summed E-state index contributed by atoms with van der Waals surface area (Å²) in [6.07, 6.45) is 1.26. The van der Waals surface area contributed by atoms with Crippen molar-refractivity contribution in [3.8, 4) is 0 Å². The van der Waals surface area contributed by atoms with Crippen LogP contribution in [0.1, 0.15) is 24.5 Å². The second-order valence-corrected chi connectivity index (χ2v) is 4.27. The molecule has 1 aromatic rings. The van der Waals surface area contributed by atoms with Gasteiger partial charge in [-0.2, -0.15) is 0 Å². The van der Waals surface area contributed by atoms with Gasteiger partial charge in [-0.15, -0.1) is 0 Å². The van der Waals surface area contributed by atoms with Crippen LogP contribution in [0.4, 0.5) is 4.39 Å². The summed E-state index contributed by atoms with van der Waals surface area (Å²) in [6, 6.07) is 5.62. The van der Waals surface area contributed by atoms with E-state index in [2.05, 4.69) is 12.2 Å². The first-order chi connectivity index (χ1) is 6.66. The summed E-state index contributed by atoms with van der Waals surface area (Å²) in [4.78, 5) is 0. The monoisotopic (exact) mass is 193 g/mol. The fourth-order valence-corrected chi connectivity index (χ4v) is 1.68. The molecule has 2 heteroatoms. The van der Waals surface area contributed by atoms with Crippen molar-refractivity contribution < 1.29 is 4.39 Å². The molecule has 0 saturated heterocycles. The maximum atomic E-state index is 12.9. The van der Waals surface area contributed by atoms with E-state index >= 15 is 0 Å². The Bertz CT molecular complexity index is 335. The lowest BCUT2D eigenvalue weighted by Crippen LogP contribution is -2.17. The minimum absolute atomic E-state index is 0.142. The van der Waals surface area contributed by atoms with Crippen LogP contribution in [0.3, 0.4) is 0 Å². The number of aryl methyl sites for hydroxylation is 1. The molecule has 1 aliphatic carbocycles. The molecule has 1 fully saturated rings. The Kier molecular flexibility index (Phi) is 2.55. The van der Waals surface area contributed by atoms with Crippen LogP contribution >= 0.6 is 0 Å². The lowest BCUT2D eigenvalue weighted by atomic mass is 10.1. The highest BCUT2D eigenvalue weighted by Gasteiger charge is 2.31. The van der Waals surface area contributed by atoms with Gasteiger partial charge in [0.2, 0.25) is 0 Å². The normalized spacial score (nSPS) is 25.1. The van der Waals surface area contributed by atoms with Gasteiger partial charge in [-0.3, -0.25) is 0 Å². The molecular formula is C12H16FN. The van der Waals surface area contributed by atoms with Crippen LogP contribution in [0.2, 0.25) is 0 Å². The first kappa shape index (κ1) is 9.66. The zero-order valence-corrected chi connectivity index (χ0v) is 8.68. The van der Waals surface area contributed by atoms with E-state index in [-0.39, 0.29) is 5.82 Å². The topological polar surface area (TPSA) is 12.0 Å². The first-order valence-electron chi connectivity index (χ1n) is 5.15. The van der Waals surface area contributed by atoms with Crippen LogP contribution in [0.5, 0.6) is 0 Å². The smallest absolute Gasteiger partial charge is 0.123 e. The van der Waals surface area contributed by atoms with Crippen molar-refractivity contribution >= 4 is 0 Å². The second-order valence-electron chi connectivity index (χ2n) is 4.27. The molecular weight excluding hydrogens is 177 g/mol. The van der Waals surface area contributed by atoms with E-state index in [1.807, 2.05) is 13.0 Å². The van der Waals surface area contributed by atoms with Gasteiger partial charge in [0.15, 0.2) is 0 Å². The molecule has 0 bridgehead atoms. The van der Waals surface area contributed by atoms with E-state index in [4.69, 9.17) is 0 Å². The van der Waals surface area contributed by atoms with Gasteiger partial charge in [-0.25, -0.2) is 4.39 Å². The van der Waals surface area contributed by atoms with Gasteiger partial charge < -0.3 is 5.32 Å². The molecule has 1 aromatic carbocycles. The second kappa shape index (κ2) is 3.70. The highest BCUT2D eigenvalue weighted by atomic mass is 19.1. The van der Waals surface area contributed by atoms with Gasteiger partial charge in [-0.1, -0.05) is 13.0 Å². The zero-order chi connectivity index (χ0) is 10.1. The number of rotatable bonds is 3. The molecule has 2 unspecified atom stereocenters. The maximum absolute atomic E-state index is 12.9. The third-order valence-electron chi connectivity index (χ3n) is 2.98. The lowest BCUT2D eigenvalue weighted by Gasteiger charge is -2.07. The minimum atomic E-state index is -0.142. The van der Waals surface area contributed by atoms with E-state index in [0.717, 1.165) is 23.6 Å². The molecule has 0 spiro atoms. The van der Waals surface area contributed by atoms with Crippen molar-refractivity contribution in [2.24, 2.45) is 5.92 Å². The van der Waals surface area contributed by atoms with Crippen LogP contribution in [0, 0.1) is 18.7 Å². The van der Waals surface area contributed by atoms with E-state index in [1.54, 1.807) is 6.07 Å². The molecule has 2 rings (SSSR count). The first-order valence-corrected chi connectivity index (χ1v) is 5.15. The fourth-order valence-electron chi connectivity index (χ4n) is 1.68. The van der Waals surface area contributed by atoms with Crippen molar-refractivity contribution in [3.63, 3.8) is 0 Å². The van der Waals surface area contributed by atoms with Gasteiger partial charge in [-0.05, 0) is 42.5 Å². The molecule has 0 aliphatic heterocycles. The summed E-state index contributed by atoms with van der Waals surface area (Å²) in [5, 5.41) is 3.42. The van der Waals surface area contributed by atoms with E-state index < -0.39 is 0 Å². The fraction of sp³-hybridized carbons (Fsp3) is 0.500. The molecule has 0 heterocycles. The van der Waals surface area contributed by atoms with E-state index in [9.17, 15) is 4.39 Å². The van der Waals surface area contributed by atoms with E-state index in [1.165, 1.54) is 12.5 Å². The lowest BCUT2D eigenvalue weighted by molar-refractivity contribution is 0.614. The quantitative estimate of drug-likeness (QED) is 0.778. The van der Waals surface area contributed by atoms with Crippen molar-refractivity contribution in [3.05, 3.63) is 35.1 Å². The number of halogens is 1. The van der Waals surface area contributed by atoms with Crippen LogP contribution in [-0.2, 0) is 6.54 Å². The molecule has 0 amide bonds. The summed E-state index contributed by atoms with van der Waals surface area (Å²) in [5.74, 6) is 0.653. The Morgan fingerprint density at radius 1 is 1.50 bits per heavy atom. The largest absolute Gasteiger partial charge is 0.310 e. The molecule has 0 radical (unpaired) electrons. The van der Waals surface area contributed by atoms with Crippen molar-refractivity contribution in [1.29, 1.82) is 0 Å². The van der Waals surface area contributed by atoms with Gasteiger partial charge in [0.1, 0.15) is 5.82 Å². The summed E-state index contributed by atoms with van der Waals surface area (Å²) in [5.41, 5.74) is 2.23. The highest BCUT2D eigenvalue weighted by molar-refractivity contribution is 5.26. The third kappa shape index (κ3) is 2.13.